The highest BCUT2D eigenvalue weighted by Gasteiger charge is 2.35. The molecule has 0 rings (SSSR count). The first-order chi connectivity index (χ1) is 7.41. The van der Waals surface area contributed by atoms with E-state index in [4.69, 9.17) is 5.26 Å². The first-order valence-electron chi connectivity index (χ1n) is 5.44. The highest BCUT2D eigenvalue weighted by Crippen LogP contribution is 2.25. The van der Waals surface area contributed by atoms with Gasteiger partial charge in [-0.3, -0.25) is 9.00 Å². The summed E-state index contributed by atoms with van der Waals surface area (Å²) in [5.41, 5.74) is -0.941. The van der Waals surface area contributed by atoms with Gasteiger partial charge in [0, 0.05) is 28.9 Å². The van der Waals surface area contributed by atoms with Crippen LogP contribution in [0.3, 0.4) is 0 Å². The molecule has 1 amide bonds. The van der Waals surface area contributed by atoms with Gasteiger partial charge in [-0.1, -0.05) is 13.8 Å². The van der Waals surface area contributed by atoms with Crippen molar-refractivity contribution in [2.45, 2.75) is 39.7 Å². The van der Waals surface area contributed by atoms with Crippen LogP contribution >= 0.6 is 0 Å². The lowest BCUT2D eigenvalue weighted by Crippen LogP contribution is -2.45. The molecular weight excluding hydrogens is 224 g/mol. The van der Waals surface area contributed by atoms with Crippen LogP contribution in [0.15, 0.2) is 0 Å². The average Bonchev–Trinajstić information content (AvgIpc) is 2.19. The molecule has 0 aliphatic rings. The van der Waals surface area contributed by atoms with Crippen molar-refractivity contribution in [1.29, 1.82) is 5.26 Å². The van der Waals surface area contributed by atoms with E-state index in [9.17, 15) is 9.00 Å². The summed E-state index contributed by atoms with van der Waals surface area (Å²) < 4.78 is 11.0. The Morgan fingerprint density at radius 3 is 2.31 bits per heavy atom. The van der Waals surface area contributed by atoms with Crippen LogP contribution in [0, 0.1) is 16.7 Å². The second kappa shape index (κ2) is 6.64. The van der Waals surface area contributed by atoms with Crippen molar-refractivity contribution >= 4 is 16.7 Å². The Bertz CT molecular complexity index is 306. The van der Waals surface area contributed by atoms with Gasteiger partial charge in [0.2, 0.25) is 5.91 Å². The first kappa shape index (κ1) is 15.1. The van der Waals surface area contributed by atoms with Gasteiger partial charge >= 0.3 is 0 Å². The summed E-state index contributed by atoms with van der Waals surface area (Å²) in [6.07, 6.45) is 2.58. The third kappa shape index (κ3) is 3.93. The van der Waals surface area contributed by atoms with Gasteiger partial charge in [-0.25, -0.2) is 0 Å². The number of amides is 1. The topological polar surface area (TPSA) is 70.0 Å². The molecule has 0 aromatic carbocycles. The molecule has 5 heteroatoms. The van der Waals surface area contributed by atoms with Crippen molar-refractivity contribution in [1.82, 2.24) is 5.32 Å². The van der Waals surface area contributed by atoms with Gasteiger partial charge < -0.3 is 5.32 Å². The molecule has 0 bridgehead atoms. The Labute approximate surface area is 99.9 Å². The van der Waals surface area contributed by atoms with Crippen molar-refractivity contribution in [3.8, 4) is 6.07 Å². The average molecular weight is 244 g/mol. The molecule has 4 nitrogen and oxygen atoms in total. The maximum absolute atomic E-state index is 11.9. The van der Waals surface area contributed by atoms with E-state index in [1.165, 1.54) is 0 Å². The predicted octanol–water partition coefficient (Wildman–Crippen LogP) is 1.20. The summed E-state index contributed by atoms with van der Waals surface area (Å²) in [4.78, 5) is 11.9. The van der Waals surface area contributed by atoms with Crippen molar-refractivity contribution < 1.29 is 9.00 Å². The number of nitriles is 1. The fraction of sp³-hybridized carbons (Fsp3) is 0.818. The minimum absolute atomic E-state index is 0.163. The summed E-state index contributed by atoms with van der Waals surface area (Å²) in [5.74, 6) is 0.165. The highest BCUT2D eigenvalue weighted by molar-refractivity contribution is 7.84. The molecule has 0 aliphatic carbocycles. The smallest absolute Gasteiger partial charge is 0.240 e. The first-order valence-corrected chi connectivity index (χ1v) is 7.16. The van der Waals surface area contributed by atoms with Crippen LogP contribution in [-0.4, -0.2) is 28.2 Å². The second-order valence-corrected chi connectivity index (χ2v) is 5.50. The fourth-order valence-electron chi connectivity index (χ4n) is 1.54. The third-order valence-electron chi connectivity index (χ3n) is 2.72. The summed E-state index contributed by atoms with van der Waals surface area (Å²) in [6, 6.07) is 1.92. The van der Waals surface area contributed by atoms with E-state index in [0.717, 1.165) is 0 Å². The van der Waals surface area contributed by atoms with Crippen molar-refractivity contribution in [3.63, 3.8) is 0 Å². The minimum atomic E-state index is -0.942. The molecular formula is C11H20N2O2S. The SMILES string of the molecule is CCC(C#N)(CC)C(=O)NC(C)CS(C)=O. The highest BCUT2D eigenvalue weighted by atomic mass is 32.2. The van der Waals surface area contributed by atoms with E-state index in [0.29, 0.717) is 18.6 Å². The molecule has 0 aliphatic heterocycles. The zero-order chi connectivity index (χ0) is 12.8. The summed E-state index contributed by atoms with van der Waals surface area (Å²) in [6.45, 7) is 5.45. The number of hydrogen-bond acceptors (Lipinski definition) is 3. The number of carbonyl (C=O) groups excluding carboxylic acids is 1. The van der Waals surface area contributed by atoms with Crippen molar-refractivity contribution in [3.05, 3.63) is 0 Å². The van der Waals surface area contributed by atoms with E-state index >= 15 is 0 Å². The van der Waals surface area contributed by atoms with Gasteiger partial charge in [0.05, 0.1) is 6.07 Å². The van der Waals surface area contributed by atoms with E-state index in [1.54, 1.807) is 13.2 Å². The van der Waals surface area contributed by atoms with Crippen LogP contribution in [0.4, 0.5) is 0 Å². The van der Waals surface area contributed by atoms with Crippen molar-refractivity contribution in [2.75, 3.05) is 12.0 Å². The van der Waals surface area contributed by atoms with Gasteiger partial charge in [-0.05, 0) is 19.8 Å². The van der Waals surface area contributed by atoms with E-state index < -0.39 is 16.2 Å². The number of carbonyl (C=O) groups is 1. The normalized spacial score (nSPS) is 14.9. The van der Waals surface area contributed by atoms with Gasteiger partial charge in [0.15, 0.2) is 0 Å². The lowest BCUT2D eigenvalue weighted by atomic mass is 9.83. The molecule has 0 radical (unpaired) electrons. The monoisotopic (exact) mass is 244 g/mol. The zero-order valence-corrected chi connectivity index (χ0v) is 11.2. The maximum Gasteiger partial charge on any atom is 0.240 e. The Balaban J connectivity index is 4.56. The minimum Gasteiger partial charge on any atom is -0.351 e. The molecule has 2 unspecified atom stereocenters. The number of hydrogen-bond donors (Lipinski definition) is 1. The van der Waals surface area contributed by atoms with Crippen LogP contribution in [-0.2, 0) is 15.6 Å². The largest absolute Gasteiger partial charge is 0.351 e. The molecule has 1 N–H and O–H groups in total. The number of nitrogens with one attached hydrogen (secondary N) is 1. The quantitative estimate of drug-likeness (QED) is 0.763. The van der Waals surface area contributed by atoms with Crippen LogP contribution < -0.4 is 5.32 Å². The van der Waals surface area contributed by atoms with Crippen LogP contribution in [0.2, 0.25) is 0 Å². The van der Waals surface area contributed by atoms with Gasteiger partial charge in [0.1, 0.15) is 5.41 Å². The number of rotatable bonds is 6. The molecule has 0 saturated heterocycles. The summed E-state index contributed by atoms with van der Waals surface area (Å²) in [5, 5.41) is 11.8. The predicted molar refractivity (Wildman–Crippen MR) is 65.2 cm³/mol. The molecule has 92 valence electrons. The van der Waals surface area contributed by atoms with Crippen LogP contribution in [0.5, 0.6) is 0 Å². The molecule has 0 aromatic rings. The van der Waals surface area contributed by atoms with E-state index in [-0.39, 0.29) is 11.9 Å². The zero-order valence-electron chi connectivity index (χ0n) is 10.4. The van der Waals surface area contributed by atoms with Gasteiger partial charge in [-0.2, -0.15) is 5.26 Å². The molecule has 0 heterocycles. The molecule has 0 fully saturated rings. The van der Waals surface area contributed by atoms with Crippen LogP contribution in [0.25, 0.3) is 0 Å². The van der Waals surface area contributed by atoms with E-state index in [1.807, 2.05) is 13.8 Å². The second-order valence-electron chi connectivity index (χ2n) is 4.02. The summed E-state index contributed by atoms with van der Waals surface area (Å²) in [7, 11) is -0.942. The fourth-order valence-corrected chi connectivity index (χ4v) is 2.32. The van der Waals surface area contributed by atoms with E-state index in [2.05, 4.69) is 11.4 Å². The molecule has 0 spiro atoms. The Hall–Kier alpha value is -0.890. The molecule has 0 saturated carbocycles. The van der Waals surface area contributed by atoms with Crippen molar-refractivity contribution in [2.24, 2.45) is 5.41 Å². The standard InChI is InChI=1S/C11H20N2O2S/c1-5-11(6-2,8-12)10(14)13-9(3)7-16(4)15/h9H,5-7H2,1-4H3,(H,13,14). The van der Waals surface area contributed by atoms with Gasteiger partial charge in [0.25, 0.3) is 0 Å². The third-order valence-corrected chi connectivity index (χ3v) is 3.69. The van der Waals surface area contributed by atoms with Gasteiger partial charge in [-0.15, -0.1) is 0 Å². The maximum atomic E-state index is 11.9. The molecule has 2 atom stereocenters. The van der Waals surface area contributed by atoms with Crippen LogP contribution in [0.1, 0.15) is 33.6 Å². The number of nitrogens with zero attached hydrogens (tertiary/aromatic N) is 1. The lowest BCUT2D eigenvalue weighted by molar-refractivity contribution is -0.129. The molecule has 16 heavy (non-hydrogen) atoms. The Morgan fingerprint density at radius 1 is 1.50 bits per heavy atom. The Morgan fingerprint density at radius 2 is 2.00 bits per heavy atom. The Kier molecular flexibility index (Phi) is 6.27. The molecule has 0 aromatic heterocycles. The lowest BCUT2D eigenvalue weighted by Gasteiger charge is -2.24. The summed E-state index contributed by atoms with van der Waals surface area (Å²) >= 11 is 0.